The summed E-state index contributed by atoms with van der Waals surface area (Å²) in [5.41, 5.74) is 4.47. The maximum atomic E-state index is 12.4. The zero-order valence-corrected chi connectivity index (χ0v) is 16.7. The van der Waals surface area contributed by atoms with Crippen molar-refractivity contribution in [2.75, 3.05) is 13.1 Å². The van der Waals surface area contributed by atoms with Gasteiger partial charge in [-0.15, -0.1) is 0 Å². The summed E-state index contributed by atoms with van der Waals surface area (Å²) in [6.07, 6.45) is 5.31. The monoisotopic (exact) mass is 400 g/mol. The summed E-state index contributed by atoms with van der Waals surface area (Å²) >= 11 is 0. The molecule has 2 aromatic heterocycles. The molecular formula is C24H24N4O2. The van der Waals surface area contributed by atoms with Gasteiger partial charge in [0.15, 0.2) is 5.76 Å². The van der Waals surface area contributed by atoms with Gasteiger partial charge in [-0.1, -0.05) is 24.3 Å². The molecule has 6 heteroatoms. The topological polar surface area (TPSA) is 63.3 Å². The van der Waals surface area contributed by atoms with Gasteiger partial charge in [0.25, 0.3) is 5.91 Å². The summed E-state index contributed by atoms with van der Waals surface area (Å²) in [5, 5.41) is 3.64. The van der Waals surface area contributed by atoms with Crippen molar-refractivity contribution >= 4 is 16.9 Å². The number of carbonyl (C=O) groups is 1. The van der Waals surface area contributed by atoms with E-state index in [0.29, 0.717) is 11.8 Å². The van der Waals surface area contributed by atoms with Crippen molar-refractivity contribution in [2.45, 2.75) is 25.4 Å². The molecule has 4 aromatic rings. The first-order valence-corrected chi connectivity index (χ1v) is 10.4. The number of hydrogen-bond acceptors (Lipinski definition) is 4. The third-order valence-corrected chi connectivity index (χ3v) is 5.78. The van der Waals surface area contributed by atoms with Crippen LogP contribution in [0.3, 0.4) is 0 Å². The van der Waals surface area contributed by atoms with Gasteiger partial charge in [-0.25, -0.2) is 4.98 Å². The van der Waals surface area contributed by atoms with Crippen LogP contribution in [-0.4, -0.2) is 39.5 Å². The molecule has 6 nitrogen and oxygen atoms in total. The minimum atomic E-state index is -0.0129. The van der Waals surface area contributed by atoms with Crippen LogP contribution in [0.15, 0.2) is 77.7 Å². The van der Waals surface area contributed by atoms with Crippen LogP contribution in [0.4, 0.5) is 0 Å². The number of benzene rings is 2. The van der Waals surface area contributed by atoms with Crippen LogP contribution in [0.2, 0.25) is 0 Å². The maximum Gasteiger partial charge on any atom is 0.289 e. The maximum absolute atomic E-state index is 12.4. The highest BCUT2D eigenvalue weighted by Gasteiger charge is 2.24. The second kappa shape index (κ2) is 8.16. The Morgan fingerprint density at radius 2 is 1.83 bits per heavy atom. The SMILES string of the molecule is O=C(c1ccco1)N1CCC(NCc2ccc(-n3cnc4ccccc43)cc2)CC1. The smallest absolute Gasteiger partial charge is 0.289 e. The first-order chi connectivity index (χ1) is 14.8. The number of nitrogens with one attached hydrogen (secondary N) is 1. The summed E-state index contributed by atoms with van der Waals surface area (Å²) in [7, 11) is 0. The van der Waals surface area contributed by atoms with Crippen molar-refractivity contribution in [3.05, 3.63) is 84.6 Å². The number of furan rings is 1. The zero-order chi connectivity index (χ0) is 20.3. The van der Waals surface area contributed by atoms with E-state index in [1.54, 1.807) is 18.4 Å². The number of amides is 1. The number of fused-ring (bicyclic) bond motifs is 1. The van der Waals surface area contributed by atoms with Crippen molar-refractivity contribution in [1.29, 1.82) is 0 Å². The predicted octanol–water partition coefficient (Wildman–Crippen LogP) is 4.01. The van der Waals surface area contributed by atoms with Gasteiger partial charge in [0.05, 0.1) is 17.3 Å². The van der Waals surface area contributed by atoms with Gasteiger partial charge in [0, 0.05) is 31.4 Å². The number of rotatable bonds is 5. The molecule has 0 aliphatic carbocycles. The van der Waals surface area contributed by atoms with Crippen LogP contribution >= 0.6 is 0 Å². The molecule has 0 bridgehead atoms. The van der Waals surface area contributed by atoms with Crippen LogP contribution in [0, 0.1) is 0 Å². The lowest BCUT2D eigenvalue weighted by atomic mass is 10.0. The number of likely N-dealkylation sites (tertiary alicyclic amines) is 1. The van der Waals surface area contributed by atoms with E-state index in [4.69, 9.17) is 4.42 Å². The van der Waals surface area contributed by atoms with E-state index in [1.165, 1.54) is 5.56 Å². The highest BCUT2D eigenvalue weighted by atomic mass is 16.3. The Morgan fingerprint density at radius 3 is 2.60 bits per heavy atom. The van der Waals surface area contributed by atoms with E-state index < -0.39 is 0 Å². The predicted molar refractivity (Wildman–Crippen MR) is 116 cm³/mol. The fourth-order valence-electron chi connectivity index (χ4n) is 4.04. The van der Waals surface area contributed by atoms with Gasteiger partial charge in [-0.3, -0.25) is 9.36 Å². The fraction of sp³-hybridized carbons (Fsp3) is 0.250. The summed E-state index contributed by atoms with van der Waals surface area (Å²) in [5.74, 6) is 0.410. The minimum Gasteiger partial charge on any atom is -0.459 e. The third-order valence-electron chi connectivity index (χ3n) is 5.78. The Balaban J connectivity index is 1.15. The first kappa shape index (κ1) is 18.6. The third kappa shape index (κ3) is 3.74. The average Bonchev–Trinajstić information content (AvgIpc) is 3.48. The van der Waals surface area contributed by atoms with E-state index >= 15 is 0 Å². The van der Waals surface area contributed by atoms with Crippen molar-refractivity contribution < 1.29 is 9.21 Å². The van der Waals surface area contributed by atoms with Gasteiger partial charge in [-0.2, -0.15) is 0 Å². The summed E-state index contributed by atoms with van der Waals surface area (Å²) < 4.78 is 7.34. The number of aromatic nitrogens is 2. The number of piperidine rings is 1. The quantitative estimate of drug-likeness (QED) is 0.550. The number of para-hydroxylation sites is 2. The van der Waals surface area contributed by atoms with E-state index in [2.05, 4.69) is 45.2 Å². The second-order valence-electron chi connectivity index (χ2n) is 7.69. The van der Waals surface area contributed by atoms with Crippen molar-refractivity contribution in [3.8, 4) is 5.69 Å². The Bertz CT molecular complexity index is 1120. The van der Waals surface area contributed by atoms with Crippen molar-refractivity contribution in [1.82, 2.24) is 19.8 Å². The van der Waals surface area contributed by atoms with Crippen LogP contribution < -0.4 is 5.32 Å². The molecule has 0 spiro atoms. The van der Waals surface area contributed by atoms with Crippen molar-refractivity contribution in [2.24, 2.45) is 0 Å². The lowest BCUT2D eigenvalue weighted by Gasteiger charge is -2.32. The molecular weight excluding hydrogens is 376 g/mol. The molecule has 1 aliphatic rings. The van der Waals surface area contributed by atoms with E-state index in [-0.39, 0.29) is 5.91 Å². The normalized spacial score (nSPS) is 15.0. The zero-order valence-electron chi connectivity index (χ0n) is 16.7. The number of imidazole rings is 1. The van der Waals surface area contributed by atoms with Crippen LogP contribution in [0.25, 0.3) is 16.7 Å². The highest BCUT2D eigenvalue weighted by molar-refractivity contribution is 5.91. The lowest BCUT2D eigenvalue weighted by Crippen LogP contribution is -2.44. The molecule has 1 aliphatic heterocycles. The molecule has 1 N–H and O–H groups in total. The molecule has 1 fully saturated rings. The number of hydrogen-bond donors (Lipinski definition) is 1. The van der Waals surface area contributed by atoms with Gasteiger partial charge in [0.2, 0.25) is 0 Å². The van der Waals surface area contributed by atoms with Crippen LogP contribution in [0.1, 0.15) is 29.0 Å². The summed E-state index contributed by atoms with van der Waals surface area (Å²) in [6, 6.07) is 20.6. The summed E-state index contributed by atoms with van der Waals surface area (Å²) in [6.45, 7) is 2.33. The summed E-state index contributed by atoms with van der Waals surface area (Å²) in [4.78, 5) is 18.7. The molecule has 2 aromatic carbocycles. The number of carbonyl (C=O) groups excluding carboxylic acids is 1. The Kier molecular flexibility index (Phi) is 5.07. The Labute approximate surface area is 175 Å². The van der Waals surface area contributed by atoms with Gasteiger partial charge < -0.3 is 14.6 Å². The molecule has 152 valence electrons. The van der Waals surface area contributed by atoms with Crippen LogP contribution in [0.5, 0.6) is 0 Å². The van der Waals surface area contributed by atoms with E-state index in [1.807, 2.05) is 29.4 Å². The second-order valence-corrected chi connectivity index (χ2v) is 7.69. The fourth-order valence-corrected chi connectivity index (χ4v) is 4.04. The molecule has 1 saturated heterocycles. The molecule has 30 heavy (non-hydrogen) atoms. The van der Waals surface area contributed by atoms with Gasteiger partial charge >= 0.3 is 0 Å². The van der Waals surface area contributed by atoms with E-state index in [9.17, 15) is 4.79 Å². The molecule has 0 atom stereocenters. The Morgan fingerprint density at radius 1 is 1.03 bits per heavy atom. The molecule has 0 unspecified atom stereocenters. The highest BCUT2D eigenvalue weighted by Crippen LogP contribution is 2.19. The van der Waals surface area contributed by atoms with Crippen LogP contribution in [-0.2, 0) is 6.54 Å². The van der Waals surface area contributed by atoms with E-state index in [0.717, 1.165) is 49.2 Å². The standard InChI is InChI=1S/C24H24N4O2/c29-24(23-6-3-15-30-23)27-13-11-19(12-14-27)25-16-18-7-9-20(10-8-18)28-17-26-21-4-1-2-5-22(21)28/h1-10,15,17,19,25H,11-14,16H2. The van der Waals surface area contributed by atoms with Gasteiger partial charge in [-0.05, 0) is 54.8 Å². The molecule has 5 rings (SSSR count). The van der Waals surface area contributed by atoms with Gasteiger partial charge in [0.1, 0.15) is 6.33 Å². The largest absolute Gasteiger partial charge is 0.459 e. The minimum absolute atomic E-state index is 0.0129. The number of nitrogens with zero attached hydrogens (tertiary/aromatic N) is 3. The first-order valence-electron chi connectivity index (χ1n) is 10.4. The average molecular weight is 400 g/mol. The molecule has 0 saturated carbocycles. The molecule has 3 heterocycles. The van der Waals surface area contributed by atoms with Crippen molar-refractivity contribution in [3.63, 3.8) is 0 Å². The molecule has 1 amide bonds. The Hall–Kier alpha value is -3.38. The molecule has 0 radical (unpaired) electrons. The lowest BCUT2D eigenvalue weighted by molar-refractivity contribution is 0.0672.